The number of nitrogens with zero attached hydrogens (tertiary/aromatic N) is 1. The highest BCUT2D eigenvalue weighted by atomic mass is 16.6. The fraction of sp³-hybridized carbons (Fsp3) is 0.318. The molecule has 1 aliphatic carbocycles. The SMILES string of the molecule is CCOC(=O)C1(NC(=O)[C@H]2CC(c3ccccc3)=NO2)Cc2ccccc2C1. The molecular formula is C22H22N2O4. The van der Waals surface area contributed by atoms with Crippen molar-refractivity contribution >= 4 is 17.6 Å². The summed E-state index contributed by atoms with van der Waals surface area (Å²) in [6.45, 7) is 2.02. The maximum Gasteiger partial charge on any atom is 0.332 e. The van der Waals surface area contributed by atoms with Crippen molar-refractivity contribution in [3.63, 3.8) is 0 Å². The van der Waals surface area contributed by atoms with Crippen LogP contribution in [0.25, 0.3) is 0 Å². The molecule has 0 saturated carbocycles. The number of carbonyl (C=O) groups excluding carboxylic acids is 2. The molecule has 0 spiro atoms. The van der Waals surface area contributed by atoms with Crippen molar-refractivity contribution in [3.8, 4) is 0 Å². The van der Waals surface area contributed by atoms with Gasteiger partial charge in [-0.15, -0.1) is 0 Å². The van der Waals surface area contributed by atoms with Crippen LogP contribution in [0.15, 0.2) is 59.8 Å². The quantitative estimate of drug-likeness (QED) is 0.811. The Kier molecular flexibility index (Phi) is 4.86. The van der Waals surface area contributed by atoms with Crippen LogP contribution in [0.4, 0.5) is 0 Å². The lowest BCUT2D eigenvalue weighted by atomic mass is 9.94. The summed E-state index contributed by atoms with van der Waals surface area (Å²) in [5.74, 6) is -0.766. The van der Waals surface area contributed by atoms with Crippen LogP contribution in [-0.4, -0.2) is 35.8 Å². The molecule has 0 saturated heterocycles. The first kappa shape index (κ1) is 18.2. The topological polar surface area (TPSA) is 77.0 Å². The van der Waals surface area contributed by atoms with E-state index in [2.05, 4.69) is 10.5 Å². The predicted octanol–water partition coefficient (Wildman–Crippen LogP) is 2.40. The summed E-state index contributed by atoms with van der Waals surface area (Å²) < 4.78 is 5.29. The summed E-state index contributed by atoms with van der Waals surface area (Å²) in [6, 6.07) is 17.4. The normalized spacial score (nSPS) is 19.3. The van der Waals surface area contributed by atoms with Crippen LogP contribution in [0.1, 0.15) is 30.0 Å². The number of hydrogen-bond donors (Lipinski definition) is 1. The monoisotopic (exact) mass is 378 g/mol. The van der Waals surface area contributed by atoms with Gasteiger partial charge in [0.15, 0.2) is 0 Å². The highest BCUT2D eigenvalue weighted by Gasteiger charge is 2.48. The lowest BCUT2D eigenvalue weighted by Gasteiger charge is -2.28. The smallest absolute Gasteiger partial charge is 0.332 e. The minimum Gasteiger partial charge on any atom is -0.464 e. The number of carbonyl (C=O) groups is 2. The van der Waals surface area contributed by atoms with Crippen LogP contribution in [0.3, 0.4) is 0 Å². The summed E-state index contributed by atoms with van der Waals surface area (Å²) in [5, 5.41) is 6.99. The van der Waals surface area contributed by atoms with E-state index in [0.29, 0.717) is 19.3 Å². The molecule has 0 radical (unpaired) electrons. The van der Waals surface area contributed by atoms with Gasteiger partial charge in [0, 0.05) is 19.3 Å². The Morgan fingerprint density at radius 3 is 2.39 bits per heavy atom. The molecule has 6 heteroatoms. The maximum absolute atomic E-state index is 12.9. The molecule has 1 aliphatic heterocycles. The van der Waals surface area contributed by atoms with E-state index in [9.17, 15) is 9.59 Å². The molecule has 6 nitrogen and oxygen atoms in total. The number of oxime groups is 1. The van der Waals surface area contributed by atoms with Crippen molar-refractivity contribution < 1.29 is 19.2 Å². The number of esters is 1. The van der Waals surface area contributed by atoms with E-state index >= 15 is 0 Å². The summed E-state index contributed by atoms with van der Waals surface area (Å²) >= 11 is 0. The van der Waals surface area contributed by atoms with Crippen molar-refractivity contribution in [2.45, 2.75) is 37.8 Å². The average molecular weight is 378 g/mol. The van der Waals surface area contributed by atoms with Crippen LogP contribution in [-0.2, 0) is 32.0 Å². The van der Waals surface area contributed by atoms with Gasteiger partial charge in [-0.05, 0) is 23.6 Å². The highest BCUT2D eigenvalue weighted by Crippen LogP contribution is 2.32. The Labute approximate surface area is 163 Å². The maximum atomic E-state index is 12.9. The predicted molar refractivity (Wildman–Crippen MR) is 104 cm³/mol. The zero-order valence-corrected chi connectivity index (χ0v) is 15.7. The third-order valence-corrected chi connectivity index (χ3v) is 5.20. The molecule has 1 N–H and O–H groups in total. The minimum absolute atomic E-state index is 0.258. The molecule has 4 rings (SSSR count). The molecule has 0 aromatic heterocycles. The van der Waals surface area contributed by atoms with Gasteiger partial charge in [-0.3, -0.25) is 4.79 Å². The van der Waals surface area contributed by atoms with E-state index in [1.54, 1.807) is 6.92 Å². The number of amides is 1. The molecular weight excluding hydrogens is 356 g/mol. The largest absolute Gasteiger partial charge is 0.464 e. The first-order valence-electron chi connectivity index (χ1n) is 9.45. The first-order chi connectivity index (χ1) is 13.6. The lowest BCUT2D eigenvalue weighted by molar-refractivity contribution is -0.154. The Morgan fingerprint density at radius 1 is 1.11 bits per heavy atom. The van der Waals surface area contributed by atoms with Crippen molar-refractivity contribution in [2.75, 3.05) is 6.61 Å². The number of hydrogen-bond acceptors (Lipinski definition) is 5. The third kappa shape index (κ3) is 3.38. The van der Waals surface area contributed by atoms with Crippen molar-refractivity contribution in [1.29, 1.82) is 0 Å². The molecule has 2 aromatic rings. The van der Waals surface area contributed by atoms with E-state index in [1.165, 1.54) is 0 Å². The molecule has 1 heterocycles. The molecule has 0 bridgehead atoms. The number of rotatable bonds is 5. The van der Waals surface area contributed by atoms with E-state index in [1.807, 2.05) is 54.6 Å². The van der Waals surface area contributed by atoms with Crippen LogP contribution >= 0.6 is 0 Å². The van der Waals surface area contributed by atoms with Crippen molar-refractivity contribution in [2.24, 2.45) is 5.16 Å². The van der Waals surface area contributed by atoms with E-state index in [0.717, 1.165) is 22.4 Å². The Balaban J connectivity index is 1.49. The fourth-order valence-corrected chi connectivity index (χ4v) is 3.80. The molecule has 2 aliphatic rings. The van der Waals surface area contributed by atoms with Crippen molar-refractivity contribution in [3.05, 3.63) is 71.3 Å². The van der Waals surface area contributed by atoms with Gasteiger partial charge >= 0.3 is 5.97 Å². The van der Waals surface area contributed by atoms with Gasteiger partial charge in [0.05, 0.1) is 12.3 Å². The zero-order valence-electron chi connectivity index (χ0n) is 15.7. The summed E-state index contributed by atoms with van der Waals surface area (Å²) in [5.41, 5.74) is 2.64. The number of fused-ring (bicyclic) bond motifs is 1. The third-order valence-electron chi connectivity index (χ3n) is 5.20. The second-order valence-electron chi connectivity index (χ2n) is 7.12. The van der Waals surface area contributed by atoms with E-state index in [4.69, 9.17) is 9.57 Å². The standard InChI is InChI=1S/C22H22N2O4/c1-2-27-21(26)22(13-16-10-6-7-11-17(16)14-22)23-20(25)19-12-18(24-28-19)15-8-4-3-5-9-15/h3-11,19H,2,12-14H2,1H3,(H,23,25)/t19-/m1/s1. The molecule has 0 fully saturated rings. The molecule has 144 valence electrons. The Hall–Kier alpha value is -3.15. The highest BCUT2D eigenvalue weighted by molar-refractivity contribution is 6.04. The van der Waals surface area contributed by atoms with Gasteiger partial charge in [0.2, 0.25) is 6.10 Å². The summed E-state index contributed by atoms with van der Waals surface area (Å²) in [7, 11) is 0. The number of benzene rings is 2. The van der Waals surface area contributed by atoms with Crippen LogP contribution in [0.2, 0.25) is 0 Å². The van der Waals surface area contributed by atoms with E-state index in [-0.39, 0.29) is 12.5 Å². The first-order valence-corrected chi connectivity index (χ1v) is 9.45. The zero-order chi connectivity index (χ0) is 19.6. The van der Waals surface area contributed by atoms with Gasteiger partial charge in [0.25, 0.3) is 5.91 Å². The Morgan fingerprint density at radius 2 is 1.75 bits per heavy atom. The van der Waals surface area contributed by atoms with E-state index < -0.39 is 17.6 Å². The second kappa shape index (κ2) is 7.46. The Bertz CT molecular complexity index is 898. The molecule has 1 amide bonds. The minimum atomic E-state index is -1.10. The fourth-order valence-electron chi connectivity index (χ4n) is 3.80. The van der Waals surface area contributed by atoms with Crippen LogP contribution in [0.5, 0.6) is 0 Å². The van der Waals surface area contributed by atoms with Gasteiger partial charge in [0.1, 0.15) is 5.54 Å². The molecule has 0 unspecified atom stereocenters. The van der Waals surface area contributed by atoms with Crippen molar-refractivity contribution in [1.82, 2.24) is 5.32 Å². The van der Waals surface area contributed by atoms with Gasteiger partial charge in [-0.2, -0.15) is 0 Å². The van der Waals surface area contributed by atoms with Crippen LogP contribution in [0, 0.1) is 0 Å². The van der Waals surface area contributed by atoms with Gasteiger partial charge in [-0.25, -0.2) is 4.79 Å². The summed E-state index contributed by atoms with van der Waals surface area (Å²) in [4.78, 5) is 31.1. The number of nitrogens with one attached hydrogen (secondary N) is 1. The lowest BCUT2D eigenvalue weighted by Crippen LogP contribution is -2.58. The molecule has 2 aromatic carbocycles. The summed E-state index contributed by atoms with van der Waals surface area (Å²) in [6.07, 6.45) is 0.423. The molecule has 1 atom stereocenters. The van der Waals surface area contributed by atoms with Gasteiger partial charge in [-0.1, -0.05) is 59.8 Å². The average Bonchev–Trinajstić information content (AvgIpc) is 3.34. The van der Waals surface area contributed by atoms with Crippen LogP contribution < -0.4 is 5.32 Å². The number of ether oxygens (including phenoxy) is 1. The second-order valence-corrected chi connectivity index (χ2v) is 7.12. The molecule has 28 heavy (non-hydrogen) atoms. The van der Waals surface area contributed by atoms with Gasteiger partial charge < -0.3 is 14.9 Å².